The van der Waals surface area contributed by atoms with Gasteiger partial charge in [0.25, 0.3) is 5.91 Å². The Labute approximate surface area is 126 Å². The molecule has 0 spiro atoms. The summed E-state index contributed by atoms with van der Waals surface area (Å²) in [5.41, 5.74) is 2.80. The summed E-state index contributed by atoms with van der Waals surface area (Å²) in [6.07, 6.45) is 4.72. The minimum absolute atomic E-state index is 0.278. The zero-order valence-electron chi connectivity index (χ0n) is 12.9. The number of esters is 1. The van der Waals surface area contributed by atoms with Crippen molar-refractivity contribution in [3.8, 4) is 0 Å². The summed E-state index contributed by atoms with van der Waals surface area (Å²) in [5.74, 6) is -0.841. The molecule has 1 rings (SSSR count). The molecule has 4 nitrogen and oxygen atoms in total. The second-order valence-electron chi connectivity index (χ2n) is 5.18. The Morgan fingerprint density at radius 1 is 1.19 bits per heavy atom. The van der Waals surface area contributed by atoms with Crippen LogP contribution in [0.1, 0.15) is 39.2 Å². The van der Waals surface area contributed by atoms with Crippen molar-refractivity contribution in [2.75, 3.05) is 11.9 Å². The third-order valence-corrected chi connectivity index (χ3v) is 2.81. The number of carbonyl (C=O) groups is 2. The lowest BCUT2D eigenvalue weighted by molar-refractivity contribution is -0.142. The number of carbonyl (C=O) groups excluding carboxylic acids is 2. The minimum atomic E-state index is -0.500. The first kappa shape index (κ1) is 17.0. The Bertz CT molecular complexity index is 499. The molecule has 114 valence electrons. The fourth-order valence-corrected chi connectivity index (χ4v) is 1.75. The van der Waals surface area contributed by atoms with Crippen LogP contribution in [0, 0.1) is 0 Å². The first-order valence-electron chi connectivity index (χ1n) is 7.21. The predicted molar refractivity (Wildman–Crippen MR) is 84.1 cm³/mol. The summed E-state index contributed by atoms with van der Waals surface area (Å²) in [6.45, 7) is 5.47. The van der Waals surface area contributed by atoms with Gasteiger partial charge in [-0.15, -0.1) is 0 Å². The molecule has 21 heavy (non-hydrogen) atoms. The molecule has 0 bridgehead atoms. The number of benzene rings is 1. The van der Waals surface area contributed by atoms with Crippen LogP contribution in [-0.4, -0.2) is 18.5 Å². The van der Waals surface area contributed by atoms with Crippen molar-refractivity contribution in [3.05, 3.63) is 41.5 Å². The number of anilines is 1. The third-order valence-electron chi connectivity index (χ3n) is 2.81. The van der Waals surface area contributed by atoms with Gasteiger partial charge in [0.1, 0.15) is 0 Å². The van der Waals surface area contributed by atoms with Crippen molar-refractivity contribution >= 4 is 17.6 Å². The molecule has 1 aromatic rings. The van der Waals surface area contributed by atoms with Crippen LogP contribution in [-0.2, 0) is 20.7 Å². The SMILES string of the molecule is CCCCc1ccc(NC(=O)COC(=O)C=C(C)C)cc1. The standard InChI is InChI=1S/C17H23NO3/c1-4-5-6-14-7-9-15(10-8-14)18-16(19)12-21-17(20)11-13(2)3/h7-11H,4-6,12H2,1-3H3,(H,18,19). The van der Waals surface area contributed by atoms with Crippen molar-refractivity contribution in [2.45, 2.75) is 40.0 Å². The summed E-state index contributed by atoms with van der Waals surface area (Å²) >= 11 is 0. The largest absolute Gasteiger partial charge is 0.452 e. The highest BCUT2D eigenvalue weighted by molar-refractivity contribution is 5.93. The van der Waals surface area contributed by atoms with Crippen LogP contribution in [0.5, 0.6) is 0 Å². The van der Waals surface area contributed by atoms with Crippen molar-refractivity contribution in [2.24, 2.45) is 0 Å². The van der Waals surface area contributed by atoms with E-state index < -0.39 is 5.97 Å². The lowest BCUT2D eigenvalue weighted by atomic mass is 10.1. The van der Waals surface area contributed by atoms with Gasteiger partial charge in [-0.1, -0.05) is 31.1 Å². The molecular weight excluding hydrogens is 266 g/mol. The Morgan fingerprint density at radius 2 is 1.86 bits per heavy atom. The molecule has 0 saturated heterocycles. The molecule has 0 atom stereocenters. The number of aryl methyl sites for hydroxylation is 1. The molecule has 0 heterocycles. The van der Waals surface area contributed by atoms with Crippen molar-refractivity contribution in [1.29, 1.82) is 0 Å². The maximum Gasteiger partial charge on any atom is 0.331 e. The zero-order valence-corrected chi connectivity index (χ0v) is 12.9. The van der Waals surface area contributed by atoms with Gasteiger partial charge in [-0.25, -0.2) is 4.79 Å². The van der Waals surface area contributed by atoms with E-state index in [1.807, 2.05) is 24.3 Å². The second-order valence-corrected chi connectivity index (χ2v) is 5.18. The molecule has 0 unspecified atom stereocenters. The number of nitrogens with one attached hydrogen (secondary N) is 1. The predicted octanol–water partition coefficient (Wildman–Crippen LogP) is 3.48. The number of rotatable bonds is 7. The van der Waals surface area contributed by atoms with E-state index in [1.165, 1.54) is 11.6 Å². The van der Waals surface area contributed by atoms with Crippen LogP contribution in [0.4, 0.5) is 5.69 Å². The van der Waals surface area contributed by atoms with Crippen LogP contribution in [0.3, 0.4) is 0 Å². The molecule has 1 aromatic carbocycles. The van der Waals surface area contributed by atoms with Crippen molar-refractivity contribution in [1.82, 2.24) is 0 Å². The van der Waals surface area contributed by atoms with Gasteiger partial charge in [-0.3, -0.25) is 4.79 Å². The van der Waals surface area contributed by atoms with E-state index in [1.54, 1.807) is 13.8 Å². The van der Waals surface area contributed by atoms with Gasteiger partial charge < -0.3 is 10.1 Å². The summed E-state index contributed by atoms with van der Waals surface area (Å²) in [7, 11) is 0. The fraction of sp³-hybridized carbons (Fsp3) is 0.412. The summed E-state index contributed by atoms with van der Waals surface area (Å²) < 4.78 is 4.84. The molecule has 0 radical (unpaired) electrons. The van der Waals surface area contributed by atoms with Gasteiger partial charge in [0, 0.05) is 11.8 Å². The van der Waals surface area contributed by atoms with E-state index in [9.17, 15) is 9.59 Å². The van der Waals surface area contributed by atoms with Crippen LogP contribution in [0.15, 0.2) is 35.9 Å². The molecule has 4 heteroatoms. The average Bonchev–Trinajstić information content (AvgIpc) is 2.44. The number of hydrogen-bond donors (Lipinski definition) is 1. The van der Waals surface area contributed by atoms with Gasteiger partial charge >= 0.3 is 5.97 Å². The summed E-state index contributed by atoms with van der Waals surface area (Å²) in [4.78, 5) is 22.9. The van der Waals surface area contributed by atoms with E-state index in [2.05, 4.69) is 12.2 Å². The monoisotopic (exact) mass is 289 g/mol. The highest BCUT2D eigenvalue weighted by atomic mass is 16.5. The van der Waals surface area contributed by atoms with Crippen LogP contribution >= 0.6 is 0 Å². The fourth-order valence-electron chi connectivity index (χ4n) is 1.75. The van der Waals surface area contributed by atoms with Crippen LogP contribution in [0.2, 0.25) is 0 Å². The molecule has 0 aromatic heterocycles. The highest BCUT2D eigenvalue weighted by Gasteiger charge is 2.06. The first-order chi connectivity index (χ1) is 10.0. The number of allylic oxidation sites excluding steroid dienone is 1. The van der Waals surface area contributed by atoms with Crippen molar-refractivity contribution < 1.29 is 14.3 Å². The second kappa shape index (κ2) is 8.95. The maximum atomic E-state index is 11.7. The Morgan fingerprint density at radius 3 is 2.43 bits per heavy atom. The molecule has 1 N–H and O–H groups in total. The van der Waals surface area contributed by atoms with Gasteiger partial charge in [0.05, 0.1) is 0 Å². The Kier molecular flexibility index (Phi) is 7.23. The smallest absolute Gasteiger partial charge is 0.331 e. The van der Waals surface area contributed by atoms with E-state index in [-0.39, 0.29) is 12.5 Å². The number of ether oxygens (including phenoxy) is 1. The van der Waals surface area contributed by atoms with Gasteiger partial charge in [0.15, 0.2) is 6.61 Å². The molecule has 1 amide bonds. The lowest BCUT2D eigenvalue weighted by Crippen LogP contribution is -2.20. The Hall–Kier alpha value is -2.10. The molecule has 0 aliphatic heterocycles. The van der Waals surface area contributed by atoms with E-state index in [4.69, 9.17) is 4.74 Å². The summed E-state index contributed by atoms with van der Waals surface area (Å²) in [6, 6.07) is 7.72. The van der Waals surface area contributed by atoms with Gasteiger partial charge in [-0.05, 0) is 44.4 Å². The normalized spacial score (nSPS) is 9.86. The van der Waals surface area contributed by atoms with E-state index >= 15 is 0 Å². The lowest BCUT2D eigenvalue weighted by Gasteiger charge is -2.07. The van der Waals surface area contributed by atoms with Crippen LogP contribution in [0.25, 0.3) is 0 Å². The average molecular weight is 289 g/mol. The number of hydrogen-bond acceptors (Lipinski definition) is 3. The minimum Gasteiger partial charge on any atom is -0.452 e. The van der Waals surface area contributed by atoms with E-state index in [0.717, 1.165) is 24.8 Å². The highest BCUT2D eigenvalue weighted by Crippen LogP contribution is 2.11. The van der Waals surface area contributed by atoms with Gasteiger partial charge in [0.2, 0.25) is 0 Å². The molecule has 0 aliphatic carbocycles. The topological polar surface area (TPSA) is 55.4 Å². The molecule has 0 fully saturated rings. The third kappa shape index (κ3) is 7.30. The quantitative estimate of drug-likeness (QED) is 0.617. The van der Waals surface area contributed by atoms with E-state index in [0.29, 0.717) is 5.69 Å². The van der Waals surface area contributed by atoms with Crippen molar-refractivity contribution in [3.63, 3.8) is 0 Å². The summed E-state index contributed by atoms with van der Waals surface area (Å²) in [5, 5.41) is 2.70. The number of unbranched alkanes of at least 4 members (excludes halogenated alkanes) is 1. The van der Waals surface area contributed by atoms with Crippen LogP contribution < -0.4 is 5.32 Å². The molecule has 0 aliphatic rings. The molecule has 0 saturated carbocycles. The van der Waals surface area contributed by atoms with Gasteiger partial charge in [-0.2, -0.15) is 0 Å². The Balaban J connectivity index is 2.40. The molecular formula is C17H23NO3. The maximum absolute atomic E-state index is 11.7. The number of amides is 1. The first-order valence-corrected chi connectivity index (χ1v) is 7.21. The zero-order chi connectivity index (χ0) is 15.7.